The molecule has 0 fully saturated rings. The normalized spacial score (nSPS) is 20.4. The summed E-state index contributed by atoms with van der Waals surface area (Å²) < 4.78 is 52.8. The van der Waals surface area contributed by atoms with Crippen LogP contribution in [0, 0.1) is 0 Å². The summed E-state index contributed by atoms with van der Waals surface area (Å²) in [4.78, 5) is 10.5. The summed E-state index contributed by atoms with van der Waals surface area (Å²) in [6, 6.07) is 7.67. The molecule has 0 amide bonds. The Labute approximate surface area is 116 Å². The number of esters is 1. The first-order valence-corrected chi connectivity index (χ1v) is 8.93. The molecule has 20 heavy (non-hydrogen) atoms. The van der Waals surface area contributed by atoms with Crippen molar-refractivity contribution >= 4 is 30.5 Å². The van der Waals surface area contributed by atoms with Gasteiger partial charge in [-0.3, -0.25) is 0 Å². The molecule has 2 rings (SSSR count). The lowest BCUT2D eigenvalue weighted by atomic mass is 10.2. The highest BCUT2D eigenvalue weighted by Crippen LogP contribution is 2.33. The van der Waals surface area contributed by atoms with Gasteiger partial charge in [0.05, 0.1) is 18.6 Å². The molecule has 108 valence electrons. The Morgan fingerprint density at radius 3 is 2.10 bits per heavy atom. The maximum atomic E-state index is 12.2. The third-order valence-corrected chi connectivity index (χ3v) is 6.78. The van der Waals surface area contributed by atoms with E-state index in [1.807, 2.05) is 0 Å². The molecule has 1 aliphatic heterocycles. The average Bonchev–Trinajstić information content (AvgIpc) is 2.41. The fraction of sp³-hybridized carbons (Fsp3) is 0.250. The van der Waals surface area contributed by atoms with E-state index in [4.69, 9.17) is 0 Å². The van der Waals surface area contributed by atoms with Gasteiger partial charge in [0.15, 0.2) is 24.6 Å². The first-order valence-electron chi connectivity index (χ1n) is 5.63. The summed E-state index contributed by atoms with van der Waals surface area (Å²) in [7, 11) is -6.82. The fourth-order valence-electron chi connectivity index (χ4n) is 1.92. The minimum Gasteiger partial charge on any atom is -0.465 e. The van der Waals surface area contributed by atoms with Crippen LogP contribution in [0.2, 0.25) is 0 Å². The number of ether oxygens (including phenoxy) is 1. The number of sulfone groups is 2. The Balaban J connectivity index is 2.89. The molecule has 0 radical (unpaired) electrons. The third kappa shape index (κ3) is 2.48. The van der Waals surface area contributed by atoms with Gasteiger partial charge < -0.3 is 4.74 Å². The molecule has 0 bridgehead atoms. The standard InChI is InChI=1S/C12H12O6S2/c1-18-12(13)11-10(9-5-3-2-4-6-9)19(14,15)7-8-20(11,16)17/h2-6H,7-8H2,1H3. The smallest absolute Gasteiger partial charge is 0.350 e. The van der Waals surface area contributed by atoms with Crippen LogP contribution in [0.1, 0.15) is 5.56 Å². The largest absolute Gasteiger partial charge is 0.465 e. The fourth-order valence-corrected chi connectivity index (χ4v) is 6.44. The topological polar surface area (TPSA) is 94.6 Å². The van der Waals surface area contributed by atoms with Gasteiger partial charge in [-0.05, 0) is 5.56 Å². The van der Waals surface area contributed by atoms with Gasteiger partial charge in [-0.2, -0.15) is 0 Å². The van der Waals surface area contributed by atoms with E-state index in [0.29, 0.717) is 0 Å². The zero-order valence-electron chi connectivity index (χ0n) is 10.6. The summed E-state index contributed by atoms with van der Waals surface area (Å²) in [6.45, 7) is 0. The van der Waals surface area contributed by atoms with Crippen LogP contribution in [0.25, 0.3) is 4.91 Å². The van der Waals surface area contributed by atoms with E-state index >= 15 is 0 Å². The lowest BCUT2D eigenvalue weighted by Gasteiger charge is -2.19. The van der Waals surface area contributed by atoms with Crippen molar-refractivity contribution in [2.75, 3.05) is 18.6 Å². The molecule has 0 spiro atoms. The Morgan fingerprint density at radius 1 is 1.00 bits per heavy atom. The molecule has 0 N–H and O–H groups in total. The van der Waals surface area contributed by atoms with Crippen LogP contribution in [-0.4, -0.2) is 41.4 Å². The highest BCUT2D eigenvalue weighted by atomic mass is 32.2. The maximum absolute atomic E-state index is 12.2. The third-order valence-electron chi connectivity index (χ3n) is 2.86. The molecule has 1 aromatic rings. The number of hydrogen-bond donors (Lipinski definition) is 0. The maximum Gasteiger partial charge on any atom is 0.350 e. The lowest BCUT2D eigenvalue weighted by Crippen LogP contribution is -2.31. The summed E-state index contributed by atoms with van der Waals surface area (Å²) in [5.74, 6) is -2.32. The van der Waals surface area contributed by atoms with Crippen molar-refractivity contribution in [1.29, 1.82) is 0 Å². The van der Waals surface area contributed by atoms with E-state index in [9.17, 15) is 21.6 Å². The molecule has 0 aromatic heterocycles. The number of hydrogen-bond acceptors (Lipinski definition) is 6. The molecular weight excluding hydrogens is 304 g/mol. The van der Waals surface area contributed by atoms with E-state index in [1.165, 1.54) is 12.1 Å². The highest BCUT2D eigenvalue weighted by Gasteiger charge is 2.41. The zero-order chi connectivity index (χ0) is 15.0. The first-order chi connectivity index (χ1) is 9.29. The van der Waals surface area contributed by atoms with Gasteiger partial charge in [0, 0.05) is 0 Å². The Morgan fingerprint density at radius 2 is 1.55 bits per heavy atom. The predicted octanol–water partition coefficient (Wildman–Crippen LogP) is 0.371. The van der Waals surface area contributed by atoms with E-state index in [-0.39, 0.29) is 5.56 Å². The van der Waals surface area contributed by atoms with Gasteiger partial charge in [0.2, 0.25) is 0 Å². The second-order valence-corrected chi connectivity index (χ2v) is 8.25. The summed E-state index contributed by atoms with van der Waals surface area (Å²) in [5, 5.41) is 0. The lowest BCUT2D eigenvalue weighted by molar-refractivity contribution is -0.135. The summed E-state index contributed by atoms with van der Waals surface area (Å²) in [6.07, 6.45) is 0. The van der Waals surface area contributed by atoms with Gasteiger partial charge in [-0.15, -0.1) is 0 Å². The van der Waals surface area contributed by atoms with Crippen molar-refractivity contribution < 1.29 is 26.4 Å². The Kier molecular flexibility index (Phi) is 3.70. The number of rotatable bonds is 2. The van der Waals surface area contributed by atoms with Gasteiger partial charge in [-0.1, -0.05) is 30.3 Å². The van der Waals surface area contributed by atoms with Crippen LogP contribution in [0.5, 0.6) is 0 Å². The van der Waals surface area contributed by atoms with Crippen LogP contribution < -0.4 is 0 Å². The predicted molar refractivity (Wildman–Crippen MR) is 73.0 cm³/mol. The van der Waals surface area contributed by atoms with Crippen LogP contribution >= 0.6 is 0 Å². The van der Waals surface area contributed by atoms with Crippen LogP contribution in [0.4, 0.5) is 0 Å². The van der Waals surface area contributed by atoms with Gasteiger partial charge in [0.25, 0.3) is 0 Å². The Bertz CT molecular complexity index is 772. The summed E-state index contributed by atoms with van der Waals surface area (Å²) in [5.41, 5.74) is 0.163. The molecule has 0 aliphatic carbocycles. The van der Waals surface area contributed by atoms with Crippen molar-refractivity contribution in [2.45, 2.75) is 0 Å². The van der Waals surface area contributed by atoms with Crippen LogP contribution in [0.15, 0.2) is 35.2 Å². The van der Waals surface area contributed by atoms with Crippen molar-refractivity contribution in [2.24, 2.45) is 0 Å². The van der Waals surface area contributed by atoms with Crippen LogP contribution in [-0.2, 0) is 29.2 Å². The number of carbonyl (C=O) groups is 1. The molecule has 8 heteroatoms. The molecule has 1 heterocycles. The van der Waals surface area contributed by atoms with E-state index in [2.05, 4.69) is 4.74 Å². The van der Waals surface area contributed by atoms with Gasteiger partial charge in [0.1, 0.15) is 4.91 Å². The molecule has 0 unspecified atom stereocenters. The number of methoxy groups -OCH3 is 1. The molecule has 0 saturated carbocycles. The number of carbonyl (C=O) groups excluding carboxylic acids is 1. The molecular formula is C12H12O6S2. The van der Waals surface area contributed by atoms with E-state index in [1.54, 1.807) is 18.2 Å². The summed E-state index contributed by atoms with van der Waals surface area (Å²) >= 11 is 0. The first kappa shape index (κ1) is 14.7. The molecule has 0 atom stereocenters. The second-order valence-electron chi connectivity index (χ2n) is 4.15. The van der Waals surface area contributed by atoms with Crippen molar-refractivity contribution in [1.82, 2.24) is 0 Å². The van der Waals surface area contributed by atoms with Gasteiger partial charge in [-0.25, -0.2) is 21.6 Å². The van der Waals surface area contributed by atoms with E-state index in [0.717, 1.165) is 7.11 Å². The van der Waals surface area contributed by atoms with E-state index < -0.39 is 47.0 Å². The van der Waals surface area contributed by atoms with Crippen molar-refractivity contribution in [3.63, 3.8) is 0 Å². The quantitative estimate of drug-likeness (QED) is 0.732. The monoisotopic (exact) mass is 316 g/mol. The molecule has 6 nitrogen and oxygen atoms in total. The second kappa shape index (κ2) is 5.02. The van der Waals surface area contributed by atoms with Crippen LogP contribution in [0.3, 0.4) is 0 Å². The molecule has 0 saturated heterocycles. The average molecular weight is 316 g/mol. The minimum absolute atomic E-state index is 0.163. The Hall–Kier alpha value is -1.67. The zero-order valence-corrected chi connectivity index (χ0v) is 12.2. The SMILES string of the molecule is COC(=O)C1=C(c2ccccc2)S(=O)(=O)CCS1(=O)=O. The van der Waals surface area contributed by atoms with Gasteiger partial charge >= 0.3 is 5.97 Å². The molecule has 1 aromatic carbocycles. The van der Waals surface area contributed by atoms with Crippen molar-refractivity contribution in [3.05, 3.63) is 40.8 Å². The number of benzene rings is 1. The highest BCUT2D eigenvalue weighted by molar-refractivity contribution is 8.06. The molecule has 1 aliphatic rings. The van der Waals surface area contributed by atoms with Crippen molar-refractivity contribution in [3.8, 4) is 0 Å². The minimum atomic E-state index is -3.98.